The molecule has 3 rings (SSSR count). The quantitative estimate of drug-likeness (QED) is 0.474. The van der Waals surface area contributed by atoms with Crippen molar-refractivity contribution in [3.63, 3.8) is 0 Å². The first-order valence-corrected chi connectivity index (χ1v) is 10.6. The monoisotopic (exact) mass is 380 g/mol. The van der Waals surface area contributed by atoms with E-state index in [-0.39, 0.29) is 5.41 Å². The Bertz CT molecular complexity index is 950. The second kappa shape index (κ2) is 7.71. The number of pyridine rings is 1. The van der Waals surface area contributed by atoms with Crippen molar-refractivity contribution in [1.29, 1.82) is 0 Å². The van der Waals surface area contributed by atoms with Crippen molar-refractivity contribution in [1.82, 2.24) is 9.55 Å². The molecule has 0 atom stereocenters. The molecule has 0 aliphatic rings. The minimum Gasteiger partial charge on any atom is -0.340 e. The molecule has 0 N–H and O–H groups in total. The summed E-state index contributed by atoms with van der Waals surface area (Å²) in [6, 6.07) is 11.2. The van der Waals surface area contributed by atoms with Crippen molar-refractivity contribution in [3.05, 3.63) is 53.3 Å². The van der Waals surface area contributed by atoms with Crippen molar-refractivity contribution in [2.75, 3.05) is 5.75 Å². The molecular weight excluding hydrogens is 348 g/mol. The maximum atomic E-state index is 4.75. The molecule has 0 fully saturated rings. The van der Waals surface area contributed by atoms with E-state index in [9.17, 15) is 0 Å². The molecular formula is C24H32N2S. The number of benzene rings is 1. The summed E-state index contributed by atoms with van der Waals surface area (Å²) in [6.45, 7) is 14.4. The summed E-state index contributed by atoms with van der Waals surface area (Å²) in [6.07, 6.45) is 2.92. The minimum atomic E-state index is 0.134. The van der Waals surface area contributed by atoms with Gasteiger partial charge in [0.25, 0.3) is 0 Å². The van der Waals surface area contributed by atoms with E-state index in [0.29, 0.717) is 5.92 Å². The van der Waals surface area contributed by atoms with E-state index in [4.69, 9.17) is 4.98 Å². The number of fused-ring (bicyclic) bond motifs is 1. The number of aryl methyl sites for hydroxylation is 2. The Labute approximate surface area is 169 Å². The molecule has 27 heavy (non-hydrogen) atoms. The van der Waals surface area contributed by atoms with E-state index in [1.807, 2.05) is 6.20 Å². The zero-order chi connectivity index (χ0) is 19.8. The SMILES string of the molecule is CCn1c(-c2cccnc2C(C)C)c(CC(C)(C)CS)c2cc(C)ccc21. The van der Waals surface area contributed by atoms with E-state index in [2.05, 4.69) is 89.1 Å². The largest absolute Gasteiger partial charge is 0.340 e. The molecule has 0 unspecified atom stereocenters. The van der Waals surface area contributed by atoms with Gasteiger partial charge >= 0.3 is 0 Å². The number of thiol groups is 1. The van der Waals surface area contributed by atoms with Gasteiger partial charge in [0.2, 0.25) is 0 Å². The molecule has 0 amide bonds. The molecule has 0 aliphatic carbocycles. The first-order valence-electron chi connectivity index (χ1n) is 9.97. The molecule has 2 heterocycles. The Morgan fingerprint density at radius 1 is 1.19 bits per heavy atom. The maximum absolute atomic E-state index is 4.75. The van der Waals surface area contributed by atoms with Crippen LogP contribution >= 0.6 is 12.6 Å². The van der Waals surface area contributed by atoms with Crippen LogP contribution in [0, 0.1) is 12.3 Å². The zero-order valence-corrected chi connectivity index (χ0v) is 18.4. The third-order valence-corrected chi connectivity index (χ3v) is 6.22. The molecule has 0 saturated carbocycles. The molecule has 3 heteroatoms. The maximum Gasteiger partial charge on any atom is 0.0542 e. The summed E-state index contributed by atoms with van der Waals surface area (Å²) in [5.41, 5.74) is 7.98. The van der Waals surface area contributed by atoms with Crippen LogP contribution in [0.25, 0.3) is 22.2 Å². The standard InChI is InChI=1S/C24H32N2S/c1-7-26-21-11-10-17(4)13-19(21)20(14-24(5,6)15-27)23(26)18-9-8-12-25-22(18)16(2)3/h8-13,16,27H,7,14-15H2,1-6H3. The third-order valence-electron chi connectivity index (χ3n) is 5.36. The number of nitrogens with zero attached hydrogens (tertiary/aromatic N) is 2. The van der Waals surface area contributed by atoms with Crippen LogP contribution < -0.4 is 0 Å². The summed E-state index contributed by atoms with van der Waals surface area (Å²) in [7, 11) is 0. The molecule has 0 saturated heterocycles. The molecule has 144 valence electrons. The van der Waals surface area contributed by atoms with Gasteiger partial charge in [0.1, 0.15) is 0 Å². The number of rotatable bonds is 6. The predicted molar refractivity (Wildman–Crippen MR) is 121 cm³/mol. The average molecular weight is 381 g/mol. The van der Waals surface area contributed by atoms with Gasteiger partial charge in [-0.25, -0.2) is 0 Å². The van der Waals surface area contributed by atoms with Crippen LogP contribution in [0.5, 0.6) is 0 Å². The second-order valence-electron chi connectivity index (χ2n) is 8.68. The lowest BCUT2D eigenvalue weighted by atomic mass is 9.85. The van der Waals surface area contributed by atoms with E-state index in [1.54, 1.807) is 0 Å². The number of aromatic nitrogens is 2. The summed E-state index contributed by atoms with van der Waals surface area (Å²) < 4.78 is 2.47. The molecule has 2 aromatic heterocycles. The highest BCUT2D eigenvalue weighted by Crippen LogP contribution is 2.40. The summed E-state index contributed by atoms with van der Waals surface area (Å²) >= 11 is 4.63. The van der Waals surface area contributed by atoms with E-state index in [0.717, 1.165) is 18.7 Å². The third kappa shape index (κ3) is 3.80. The van der Waals surface area contributed by atoms with Gasteiger partial charge in [-0.1, -0.05) is 39.3 Å². The lowest BCUT2D eigenvalue weighted by Gasteiger charge is -2.24. The van der Waals surface area contributed by atoms with Crippen molar-refractivity contribution >= 4 is 23.5 Å². The van der Waals surface area contributed by atoms with Gasteiger partial charge in [-0.15, -0.1) is 0 Å². The van der Waals surface area contributed by atoms with Gasteiger partial charge in [0.05, 0.1) is 11.4 Å². The van der Waals surface area contributed by atoms with Crippen LogP contribution in [0.4, 0.5) is 0 Å². The highest BCUT2D eigenvalue weighted by Gasteiger charge is 2.26. The van der Waals surface area contributed by atoms with Gasteiger partial charge in [0, 0.05) is 29.2 Å². The van der Waals surface area contributed by atoms with Crippen LogP contribution in [0.1, 0.15) is 57.4 Å². The molecule has 0 aliphatic heterocycles. The molecule has 0 spiro atoms. The van der Waals surface area contributed by atoms with Crippen molar-refractivity contribution in [3.8, 4) is 11.3 Å². The normalized spacial score (nSPS) is 12.3. The Morgan fingerprint density at radius 2 is 1.93 bits per heavy atom. The Hall–Kier alpha value is -1.74. The summed E-state index contributed by atoms with van der Waals surface area (Å²) in [4.78, 5) is 4.75. The Balaban J connectivity index is 2.40. The van der Waals surface area contributed by atoms with Gasteiger partial charge in [-0.3, -0.25) is 4.98 Å². The lowest BCUT2D eigenvalue weighted by molar-refractivity contribution is 0.424. The fraction of sp³-hybridized carbons (Fsp3) is 0.458. The molecule has 3 aromatic rings. The van der Waals surface area contributed by atoms with Gasteiger partial charge in [-0.2, -0.15) is 12.6 Å². The topological polar surface area (TPSA) is 17.8 Å². The second-order valence-corrected chi connectivity index (χ2v) is 9.00. The smallest absolute Gasteiger partial charge is 0.0542 e. The highest BCUT2D eigenvalue weighted by atomic mass is 32.1. The van der Waals surface area contributed by atoms with Crippen molar-refractivity contribution in [2.45, 2.75) is 60.4 Å². The Morgan fingerprint density at radius 3 is 2.56 bits per heavy atom. The molecule has 1 aromatic carbocycles. The van der Waals surface area contributed by atoms with Crippen molar-refractivity contribution < 1.29 is 0 Å². The molecule has 0 radical (unpaired) electrons. The van der Waals surface area contributed by atoms with Crippen LogP contribution in [-0.2, 0) is 13.0 Å². The minimum absolute atomic E-state index is 0.134. The van der Waals surface area contributed by atoms with Crippen LogP contribution in [0.15, 0.2) is 36.5 Å². The number of hydrogen-bond donors (Lipinski definition) is 1. The van der Waals surface area contributed by atoms with E-state index >= 15 is 0 Å². The summed E-state index contributed by atoms with van der Waals surface area (Å²) in [5, 5.41) is 1.38. The summed E-state index contributed by atoms with van der Waals surface area (Å²) in [5.74, 6) is 1.25. The molecule has 2 nitrogen and oxygen atoms in total. The van der Waals surface area contributed by atoms with Crippen LogP contribution in [-0.4, -0.2) is 15.3 Å². The predicted octanol–water partition coefficient (Wildman–Crippen LogP) is 6.65. The van der Waals surface area contributed by atoms with E-state index in [1.165, 1.54) is 39.0 Å². The number of hydrogen-bond acceptors (Lipinski definition) is 2. The lowest BCUT2D eigenvalue weighted by Crippen LogP contribution is -2.17. The zero-order valence-electron chi connectivity index (χ0n) is 17.5. The van der Waals surface area contributed by atoms with Crippen LogP contribution in [0.2, 0.25) is 0 Å². The molecule has 0 bridgehead atoms. The Kier molecular flexibility index (Phi) is 5.71. The average Bonchev–Trinajstić information content (AvgIpc) is 2.93. The van der Waals surface area contributed by atoms with Crippen LogP contribution in [0.3, 0.4) is 0 Å². The first kappa shape index (κ1) is 20.0. The van der Waals surface area contributed by atoms with E-state index < -0.39 is 0 Å². The van der Waals surface area contributed by atoms with Gasteiger partial charge in [-0.05, 0) is 67.2 Å². The van der Waals surface area contributed by atoms with Gasteiger partial charge < -0.3 is 4.57 Å². The fourth-order valence-corrected chi connectivity index (χ4v) is 4.08. The van der Waals surface area contributed by atoms with Crippen molar-refractivity contribution in [2.24, 2.45) is 5.41 Å². The first-order chi connectivity index (χ1) is 12.8. The highest BCUT2D eigenvalue weighted by molar-refractivity contribution is 7.80. The fourth-order valence-electron chi connectivity index (χ4n) is 3.97. The van der Waals surface area contributed by atoms with Gasteiger partial charge in [0.15, 0.2) is 0 Å².